The first-order valence-electron chi connectivity index (χ1n) is 11.3. The van der Waals surface area contributed by atoms with Gasteiger partial charge in [-0.2, -0.15) is 10.2 Å². The summed E-state index contributed by atoms with van der Waals surface area (Å²) in [4.78, 5) is 0. The monoisotopic (exact) mass is 454 g/mol. The molecular formula is C23H35BN4O3Si. The third-order valence-electron chi connectivity index (χ3n) is 6.50. The van der Waals surface area contributed by atoms with Gasteiger partial charge in [0.15, 0.2) is 0 Å². The van der Waals surface area contributed by atoms with Crippen molar-refractivity contribution in [2.75, 3.05) is 6.61 Å². The van der Waals surface area contributed by atoms with E-state index in [2.05, 4.69) is 69.7 Å². The molecule has 7 nitrogen and oxygen atoms in total. The van der Waals surface area contributed by atoms with Gasteiger partial charge in [-0.15, -0.1) is 0 Å². The zero-order valence-corrected chi connectivity index (χ0v) is 21.6. The van der Waals surface area contributed by atoms with Crippen LogP contribution in [0.5, 0.6) is 0 Å². The van der Waals surface area contributed by atoms with Crippen molar-refractivity contribution in [3.05, 3.63) is 36.3 Å². The molecule has 0 N–H and O–H groups in total. The summed E-state index contributed by atoms with van der Waals surface area (Å²) in [7, 11) is -1.61. The number of aromatic nitrogens is 4. The fourth-order valence-corrected chi connectivity index (χ4v) is 4.50. The lowest BCUT2D eigenvalue weighted by atomic mass is 9.77. The second kappa shape index (κ2) is 8.13. The number of aryl methyl sites for hydroxylation is 1. The third-order valence-corrected chi connectivity index (χ3v) is 8.20. The second-order valence-electron chi connectivity index (χ2n) is 10.9. The van der Waals surface area contributed by atoms with Crippen LogP contribution in [0.2, 0.25) is 25.7 Å². The van der Waals surface area contributed by atoms with Gasteiger partial charge in [0, 0.05) is 26.3 Å². The van der Waals surface area contributed by atoms with Gasteiger partial charge in [-0.25, -0.2) is 9.36 Å². The summed E-state index contributed by atoms with van der Waals surface area (Å²) in [6.07, 6.45) is 3.86. The fraction of sp³-hybridized carbons (Fsp3) is 0.565. The van der Waals surface area contributed by atoms with Crippen molar-refractivity contribution in [3.8, 4) is 5.69 Å². The summed E-state index contributed by atoms with van der Waals surface area (Å²) >= 11 is 0. The van der Waals surface area contributed by atoms with Gasteiger partial charge in [-0.05, 0) is 58.3 Å². The van der Waals surface area contributed by atoms with Gasteiger partial charge in [0.2, 0.25) is 0 Å². The first kappa shape index (κ1) is 23.2. The molecule has 0 radical (unpaired) electrons. The van der Waals surface area contributed by atoms with Crippen LogP contribution in [0, 0.1) is 6.92 Å². The lowest BCUT2D eigenvalue weighted by Crippen LogP contribution is -2.41. The van der Waals surface area contributed by atoms with Crippen molar-refractivity contribution >= 4 is 31.6 Å². The number of nitrogens with zero attached hydrogens (tertiary/aromatic N) is 4. The fourth-order valence-electron chi connectivity index (χ4n) is 3.74. The smallest absolute Gasteiger partial charge is 0.399 e. The van der Waals surface area contributed by atoms with Crippen LogP contribution in [-0.2, 0) is 20.8 Å². The quantitative estimate of drug-likeness (QED) is 0.397. The maximum atomic E-state index is 6.34. The number of fused-ring (bicyclic) bond motifs is 1. The molecule has 1 aromatic carbocycles. The molecular weight excluding hydrogens is 419 g/mol. The maximum absolute atomic E-state index is 6.34. The van der Waals surface area contributed by atoms with Crippen molar-refractivity contribution in [1.29, 1.82) is 0 Å². The first-order valence-corrected chi connectivity index (χ1v) is 15.0. The van der Waals surface area contributed by atoms with Crippen LogP contribution in [0.4, 0.5) is 0 Å². The number of hydrogen-bond donors (Lipinski definition) is 0. The van der Waals surface area contributed by atoms with Crippen molar-refractivity contribution in [2.24, 2.45) is 0 Å². The average molecular weight is 454 g/mol. The van der Waals surface area contributed by atoms with Gasteiger partial charge in [0.25, 0.3) is 0 Å². The molecule has 1 fully saturated rings. The highest BCUT2D eigenvalue weighted by molar-refractivity contribution is 6.76. The normalized spacial score (nSPS) is 18.1. The third kappa shape index (κ3) is 4.44. The molecule has 3 aromatic rings. The standard InChI is InChI=1S/C23H35BN4O3Si/c1-17-11-12-27(26-17)20-10-9-19(24-30-22(2,3)23(4,5)31-24)18-15-25-28(21(18)20)16-29-13-14-32(6,7)8/h9-12,15H,13-14,16H2,1-8H3. The Morgan fingerprint density at radius 3 is 2.34 bits per heavy atom. The molecule has 172 valence electrons. The topological polar surface area (TPSA) is 63.3 Å². The molecule has 9 heteroatoms. The molecule has 1 aliphatic heterocycles. The zero-order valence-electron chi connectivity index (χ0n) is 20.6. The van der Waals surface area contributed by atoms with E-state index in [1.165, 1.54) is 0 Å². The Balaban J connectivity index is 1.72. The molecule has 0 atom stereocenters. The summed E-state index contributed by atoms with van der Waals surface area (Å²) < 4.78 is 22.5. The molecule has 4 rings (SSSR count). The minimum atomic E-state index is -1.15. The maximum Gasteiger partial charge on any atom is 0.495 e. The zero-order chi connectivity index (χ0) is 23.3. The summed E-state index contributed by atoms with van der Waals surface area (Å²) in [5, 5.41) is 10.3. The van der Waals surface area contributed by atoms with Crippen LogP contribution in [0.3, 0.4) is 0 Å². The lowest BCUT2D eigenvalue weighted by Gasteiger charge is -2.32. The van der Waals surface area contributed by atoms with Crippen LogP contribution < -0.4 is 5.46 Å². The summed E-state index contributed by atoms with van der Waals surface area (Å²) in [5.41, 5.74) is 3.05. The summed E-state index contributed by atoms with van der Waals surface area (Å²) in [6, 6.07) is 7.25. The van der Waals surface area contributed by atoms with Crippen molar-refractivity contribution in [1.82, 2.24) is 19.6 Å². The van der Waals surface area contributed by atoms with E-state index in [9.17, 15) is 0 Å². The molecule has 3 heterocycles. The van der Waals surface area contributed by atoms with Crippen LogP contribution >= 0.6 is 0 Å². The van der Waals surface area contributed by atoms with E-state index < -0.39 is 26.4 Å². The van der Waals surface area contributed by atoms with Crippen LogP contribution in [0.1, 0.15) is 33.4 Å². The summed E-state index contributed by atoms with van der Waals surface area (Å²) in [5.74, 6) is 0. The molecule has 32 heavy (non-hydrogen) atoms. The van der Waals surface area contributed by atoms with Crippen molar-refractivity contribution < 1.29 is 14.0 Å². The highest BCUT2D eigenvalue weighted by atomic mass is 28.3. The number of benzene rings is 1. The minimum Gasteiger partial charge on any atom is -0.399 e. The van der Waals surface area contributed by atoms with E-state index in [4.69, 9.17) is 14.0 Å². The molecule has 0 amide bonds. The minimum absolute atomic E-state index is 0.397. The Morgan fingerprint density at radius 2 is 1.75 bits per heavy atom. The van der Waals surface area contributed by atoms with Gasteiger partial charge in [-0.1, -0.05) is 25.7 Å². The highest BCUT2D eigenvalue weighted by Gasteiger charge is 2.52. The molecule has 0 aliphatic carbocycles. The molecule has 0 saturated carbocycles. The number of ether oxygens (including phenoxy) is 1. The van der Waals surface area contributed by atoms with E-state index in [0.29, 0.717) is 6.73 Å². The average Bonchev–Trinajstić information content (AvgIpc) is 3.34. The Bertz CT molecular complexity index is 1100. The first-order chi connectivity index (χ1) is 14.9. The molecule has 1 saturated heterocycles. The van der Waals surface area contributed by atoms with Crippen molar-refractivity contribution in [3.63, 3.8) is 0 Å². The van der Waals surface area contributed by atoms with Gasteiger partial charge in [0.1, 0.15) is 6.73 Å². The van der Waals surface area contributed by atoms with E-state index >= 15 is 0 Å². The molecule has 0 spiro atoms. The predicted molar refractivity (Wildman–Crippen MR) is 131 cm³/mol. The molecule has 1 aliphatic rings. The largest absolute Gasteiger partial charge is 0.495 e. The van der Waals surface area contributed by atoms with Crippen LogP contribution in [0.25, 0.3) is 16.6 Å². The second-order valence-corrected chi connectivity index (χ2v) is 16.5. The SMILES string of the molecule is Cc1ccn(-c2ccc(B3OC(C)(C)C(C)(C)O3)c3cnn(COCC[Si](C)(C)C)c23)n1. The van der Waals surface area contributed by atoms with E-state index in [-0.39, 0.29) is 0 Å². The van der Waals surface area contributed by atoms with Gasteiger partial charge in [0.05, 0.1) is 34.3 Å². The van der Waals surface area contributed by atoms with E-state index in [0.717, 1.165) is 40.4 Å². The Labute approximate surface area is 192 Å². The van der Waals surface area contributed by atoms with Gasteiger partial charge >= 0.3 is 7.12 Å². The predicted octanol–water partition coefficient (Wildman–Crippen LogP) is 4.14. The lowest BCUT2D eigenvalue weighted by molar-refractivity contribution is 0.00578. The molecule has 0 bridgehead atoms. The Kier molecular flexibility index (Phi) is 5.90. The highest BCUT2D eigenvalue weighted by Crippen LogP contribution is 2.37. The Morgan fingerprint density at radius 1 is 1.06 bits per heavy atom. The number of hydrogen-bond acceptors (Lipinski definition) is 5. The molecule has 0 unspecified atom stereocenters. The van der Waals surface area contributed by atoms with Gasteiger partial charge < -0.3 is 14.0 Å². The van der Waals surface area contributed by atoms with Crippen molar-refractivity contribution in [2.45, 2.75) is 78.2 Å². The van der Waals surface area contributed by atoms with Crippen LogP contribution in [-0.4, -0.2) is 52.6 Å². The van der Waals surface area contributed by atoms with E-state index in [1.54, 1.807) is 0 Å². The van der Waals surface area contributed by atoms with E-state index in [1.807, 2.05) is 34.7 Å². The Hall–Kier alpha value is -1.94. The van der Waals surface area contributed by atoms with Gasteiger partial charge in [-0.3, -0.25) is 0 Å². The van der Waals surface area contributed by atoms with Crippen LogP contribution in [0.15, 0.2) is 30.6 Å². The summed E-state index contributed by atoms with van der Waals surface area (Å²) in [6.45, 7) is 18.5. The number of rotatable bonds is 7. The molecule has 2 aromatic heterocycles.